The lowest BCUT2D eigenvalue weighted by atomic mass is 10.1. The predicted octanol–water partition coefficient (Wildman–Crippen LogP) is 3.63. The van der Waals surface area contributed by atoms with Crippen LogP contribution >= 0.6 is 0 Å². The molecule has 0 radical (unpaired) electrons. The number of fused-ring (bicyclic) bond motifs is 1. The minimum atomic E-state index is 0.153. The molecule has 0 saturated heterocycles. The molecular weight excluding hydrogens is 250 g/mol. The van der Waals surface area contributed by atoms with Gasteiger partial charge in [-0.2, -0.15) is 0 Å². The third-order valence-electron chi connectivity index (χ3n) is 4.39. The number of ether oxygens (including phenoxy) is 1. The van der Waals surface area contributed by atoms with Crippen molar-refractivity contribution >= 4 is 11.6 Å². The second kappa shape index (κ2) is 5.70. The summed E-state index contributed by atoms with van der Waals surface area (Å²) >= 11 is 0. The molecule has 2 aliphatic rings. The molecule has 2 aliphatic carbocycles. The highest BCUT2D eigenvalue weighted by molar-refractivity contribution is 5.95. The van der Waals surface area contributed by atoms with Crippen LogP contribution in [0.3, 0.4) is 0 Å². The van der Waals surface area contributed by atoms with E-state index in [1.54, 1.807) is 7.11 Å². The van der Waals surface area contributed by atoms with E-state index in [1.165, 1.54) is 19.3 Å². The van der Waals surface area contributed by atoms with Crippen molar-refractivity contribution in [2.24, 2.45) is 17.8 Å². The van der Waals surface area contributed by atoms with Gasteiger partial charge in [0.1, 0.15) is 5.75 Å². The minimum Gasteiger partial charge on any atom is -0.497 e. The van der Waals surface area contributed by atoms with Crippen molar-refractivity contribution in [2.45, 2.75) is 25.7 Å². The largest absolute Gasteiger partial charge is 0.497 e. The number of carbonyl (C=O) groups excluding carboxylic acids is 1. The molecule has 0 spiro atoms. The van der Waals surface area contributed by atoms with Gasteiger partial charge in [0, 0.05) is 17.7 Å². The van der Waals surface area contributed by atoms with Gasteiger partial charge in [0.25, 0.3) is 0 Å². The number of hydrogen-bond acceptors (Lipinski definition) is 2. The molecule has 106 valence electrons. The van der Waals surface area contributed by atoms with E-state index in [2.05, 4.69) is 17.5 Å². The highest BCUT2D eigenvalue weighted by Crippen LogP contribution is 2.51. The number of carbonyl (C=O) groups is 1. The van der Waals surface area contributed by atoms with Crippen molar-refractivity contribution in [2.75, 3.05) is 12.4 Å². The first-order chi connectivity index (χ1) is 9.79. The fraction of sp³-hybridized carbons (Fsp3) is 0.471. The van der Waals surface area contributed by atoms with E-state index in [1.807, 2.05) is 24.3 Å². The Hall–Kier alpha value is -1.77. The molecule has 1 aromatic rings. The minimum absolute atomic E-state index is 0.153. The van der Waals surface area contributed by atoms with Crippen molar-refractivity contribution in [1.29, 1.82) is 0 Å². The summed E-state index contributed by atoms with van der Waals surface area (Å²) < 4.78 is 5.18. The zero-order chi connectivity index (χ0) is 13.9. The highest BCUT2D eigenvalue weighted by atomic mass is 16.5. The number of anilines is 1. The smallest absolute Gasteiger partial charge is 0.228 e. The van der Waals surface area contributed by atoms with Gasteiger partial charge in [-0.05, 0) is 43.2 Å². The van der Waals surface area contributed by atoms with Crippen LogP contribution in [-0.4, -0.2) is 13.0 Å². The Morgan fingerprint density at radius 2 is 2.25 bits per heavy atom. The van der Waals surface area contributed by atoms with Gasteiger partial charge in [0.15, 0.2) is 0 Å². The molecular formula is C17H21NO2. The first-order valence-corrected chi connectivity index (χ1v) is 7.41. The van der Waals surface area contributed by atoms with Gasteiger partial charge in [-0.1, -0.05) is 24.6 Å². The van der Waals surface area contributed by atoms with Gasteiger partial charge < -0.3 is 10.1 Å². The predicted molar refractivity (Wildman–Crippen MR) is 79.7 cm³/mol. The maximum Gasteiger partial charge on any atom is 0.228 e. The molecule has 20 heavy (non-hydrogen) atoms. The van der Waals surface area contributed by atoms with Gasteiger partial charge in [-0.15, -0.1) is 0 Å². The Balaban J connectivity index is 1.65. The van der Waals surface area contributed by atoms with Gasteiger partial charge >= 0.3 is 0 Å². The summed E-state index contributed by atoms with van der Waals surface area (Å²) in [7, 11) is 1.63. The number of hydrogen-bond donors (Lipinski definition) is 1. The molecule has 1 aromatic carbocycles. The van der Waals surface area contributed by atoms with Gasteiger partial charge in [-0.3, -0.25) is 4.79 Å². The van der Waals surface area contributed by atoms with Crippen LogP contribution in [-0.2, 0) is 4.79 Å². The highest BCUT2D eigenvalue weighted by Gasteiger charge is 2.52. The van der Waals surface area contributed by atoms with E-state index in [-0.39, 0.29) is 11.8 Å². The van der Waals surface area contributed by atoms with E-state index in [0.717, 1.165) is 17.9 Å². The average Bonchev–Trinajstić information content (AvgIpc) is 3.10. The van der Waals surface area contributed by atoms with Crippen molar-refractivity contribution in [3.63, 3.8) is 0 Å². The van der Waals surface area contributed by atoms with Crippen LogP contribution in [0.25, 0.3) is 0 Å². The molecule has 0 heterocycles. The summed E-state index contributed by atoms with van der Waals surface area (Å²) in [5.74, 6) is 2.10. The fourth-order valence-corrected chi connectivity index (χ4v) is 3.23. The molecule has 1 fully saturated rings. The first kappa shape index (κ1) is 13.2. The monoisotopic (exact) mass is 271 g/mol. The van der Waals surface area contributed by atoms with Crippen LogP contribution in [0.15, 0.2) is 36.4 Å². The molecule has 0 aromatic heterocycles. The summed E-state index contributed by atoms with van der Waals surface area (Å²) in [6.07, 6.45) is 9.34. The molecule has 0 bridgehead atoms. The van der Waals surface area contributed by atoms with Crippen LogP contribution in [0, 0.1) is 17.8 Å². The van der Waals surface area contributed by atoms with Crippen molar-refractivity contribution in [3.05, 3.63) is 36.4 Å². The summed E-state index contributed by atoms with van der Waals surface area (Å²) in [6.45, 7) is 0. The number of allylic oxidation sites excluding steroid dienone is 2. The van der Waals surface area contributed by atoms with E-state index in [9.17, 15) is 4.79 Å². The number of rotatable bonds is 3. The van der Waals surface area contributed by atoms with Crippen molar-refractivity contribution in [1.82, 2.24) is 0 Å². The molecule has 3 heteroatoms. The Kier molecular flexibility index (Phi) is 3.77. The number of methoxy groups -OCH3 is 1. The van der Waals surface area contributed by atoms with Gasteiger partial charge in [0.2, 0.25) is 5.91 Å². The summed E-state index contributed by atoms with van der Waals surface area (Å²) in [4.78, 5) is 12.4. The second-order valence-electron chi connectivity index (χ2n) is 5.70. The maximum atomic E-state index is 12.4. The summed E-state index contributed by atoms with van der Waals surface area (Å²) in [6, 6.07) is 7.53. The molecule has 3 rings (SSSR count). The van der Waals surface area contributed by atoms with Crippen molar-refractivity contribution in [3.8, 4) is 5.75 Å². The van der Waals surface area contributed by atoms with Crippen LogP contribution in [0.5, 0.6) is 5.75 Å². The van der Waals surface area contributed by atoms with E-state index >= 15 is 0 Å². The van der Waals surface area contributed by atoms with E-state index in [0.29, 0.717) is 11.8 Å². The lowest BCUT2D eigenvalue weighted by Gasteiger charge is -2.06. The van der Waals surface area contributed by atoms with E-state index < -0.39 is 0 Å². The number of amides is 1. The Morgan fingerprint density at radius 3 is 3.10 bits per heavy atom. The lowest BCUT2D eigenvalue weighted by Crippen LogP contribution is -2.15. The SMILES string of the molecule is COc1cccc(NC(=O)C2C3C=CCCCCC32)c1. The van der Waals surface area contributed by atoms with Crippen LogP contribution < -0.4 is 10.1 Å². The van der Waals surface area contributed by atoms with E-state index in [4.69, 9.17) is 4.74 Å². The van der Waals surface area contributed by atoms with Gasteiger partial charge in [-0.25, -0.2) is 0 Å². The average molecular weight is 271 g/mol. The zero-order valence-corrected chi connectivity index (χ0v) is 11.8. The van der Waals surface area contributed by atoms with Crippen LogP contribution in [0.1, 0.15) is 25.7 Å². The number of nitrogens with one attached hydrogen (secondary N) is 1. The quantitative estimate of drug-likeness (QED) is 0.853. The fourth-order valence-electron chi connectivity index (χ4n) is 3.23. The van der Waals surface area contributed by atoms with Crippen LogP contribution in [0.4, 0.5) is 5.69 Å². The zero-order valence-electron chi connectivity index (χ0n) is 11.8. The molecule has 1 amide bonds. The van der Waals surface area contributed by atoms with Gasteiger partial charge in [0.05, 0.1) is 7.11 Å². The Bertz CT molecular complexity index is 523. The van der Waals surface area contributed by atoms with Crippen LogP contribution in [0.2, 0.25) is 0 Å². The third-order valence-corrected chi connectivity index (χ3v) is 4.39. The lowest BCUT2D eigenvalue weighted by molar-refractivity contribution is -0.117. The molecule has 1 N–H and O–H groups in total. The molecule has 1 saturated carbocycles. The Morgan fingerprint density at radius 1 is 1.35 bits per heavy atom. The normalized spacial score (nSPS) is 27.9. The maximum absolute atomic E-state index is 12.4. The molecule has 0 aliphatic heterocycles. The summed E-state index contributed by atoms with van der Waals surface area (Å²) in [5.41, 5.74) is 0.817. The molecule has 3 atom stereocenters. The van der Waals surface area contributed by atoms with Crippen molar-refractivity contribution < 1.29 is 9.53 Å². The topological polar surface area (TPSA) is 38.3 Å². The molecule has 3 nitrogen and oxygen atoms in total. The third kappa shape index (κ3) is 2.72. The Labute approximate surface area is 120 Å². The summed E-state index contributed by atoms with van der Waals surface area (Å²) in [5, 5.41) is 3.02. The second-order valence-corrected chi connectivity index (χ2v) is 5.70. The molecule has 3 unspecified atom stereocenters. The first-order valence-electron chi connectivity index (χ1n) is 7.41. The standard InChI is InChI=1S/C17H21NO2/c1-20-13-8-6-7-12(11-13)18-17(19)16-14-9-4-2-3-5-10-15(14)16/h4,6-9,11,14-16H,2-3,5,10H2,1H3,(H,18,19). The number of benzene rings is 1.